The molecule has 11 rings (SSSR count). The zero-order valence-electron chi connectivity index (χ0n) is 30.4. The topological polar surface area (TPSA) is 46.0 Å². The van der Waals surface area contributed by atoms with Gasteiger partial charge in [-0.05, 0) is 68.5 Å². The van der Waals surface area contributed by atoms with Crippen LogP contribution >= 0.6 is 0 Å². The molecule has 4 heteroatoms. The van der Waals surface area contributed by atoms with Crippen LogP contribution in [0, 0.1) is 17.8 Å². The van der Waals surface area contributed by atoms with Crippen molar-refractivity contribution in [3.63, 3.8) is 0 Å². The molecular formula is C49H42N4. The van der Waals surface area contributed by atoms with E-state index in [0.717, 1.165) is 12.1 Å². The second-order valence-electron chi connectivity index (χ2n) is 15.4. The summed E-state index contributed by atoms with van der Waals surface area (Å²) in [6, 6.07) is 21.3. The third-order valence-electron chi connectivity index (χ3n) is 12.3. The number of rotatable bonds is 5. The molecule has 0 bridgehead atoms. The molecule has 4 atom stereocenters. The van der Waals surface area contributed by atoms with Gasteiger partial charge in [0.1, 0.15) is 0 Å². The highest BCUT2D eigenvalue weighted by molar-refractivity contribution is 6.00. The Balaban J connectivity index is 0.000000184. The van der Waals surface area contributed by atoms with Crippen LogP contribution in [0.5, 0.6) is 0 Å². The molecule has 4 unspecified atom stereocenters. The summed E-state index contributed by atoms with van der Waals surface area (Å²) in [4.78, 5) is 8.93. The SMILES string of the molecule is C1=CC2=CC=CC3C4=C(C=N/C4=C(/c4ccccc4)c4[nH]cc5c4C4C=CC=C6C=CC=C5C64)C(=C1)C23.CCC(C)(C)c1ccccc1-n1cccn1. The predicted molar refractivity (Wildman–Crippen MR) is 218 cm³/mol. The van der Waals surface area contributed by atoms with Gasteiger partial charge in [0.15, 0.2) is 0 Å². The highest BCUT2D eigenvalue weighted by atomic mass is 15.3. The van der Waals surface area contributed by atoms with Crippen molar-refractivity contribution >= 4 is 17.4 Å². The van der Waals surface area contributed by atoms with E-state index in [9.17, 15) is 0 Å². The number of nitrogens with one attached hydrogen (secondary N) is 1. The maximum absolute atomic E-state index is 5.17. The third kappa shape index (κ3) is 4.89. The van der Waals surface area contributed by atoms with Crippen molar-refractivity contribution in [3.8, 4) is 5.69 Å². The molecule has 7 aliphatic rings. The lowest BCUT2D eigenvalue weighted by Gasteiger charge is -2.28. The lowest BCUT2D eigenvalue weighted by Crippen LogP contribution is -2.18. The van der Waals surface area contributed by atoms with Crippen LogP contribution in [0.1, 0.15) is 61.1 Å². The van der Waals surface area contributed by atoms with E-state index in [1.165, 1.54) is 72.6 Å². The summed E-state index contributed by atoms with van der Waals surface area (Å²) in [6.45, 7) is 6.77. The number of H-pyrrole nitrogens is 1. The van der Waals surface area contributed by atoms with Crippen molar-refractivity contribution in [2.45, 2.75) is 38.5 Å². The minimum Gasteiger partial charge on any atom is -0.360 e. The van der Waals surface area contributed by atoms with Crippen LogP contribution in [-0.4, -0.2) is 21.0 Å². The fourth-order valence-electron chi connectivity index (χ4n) is 9.50. The lowest BCUT2D eigenvalue weighted by molar-refractivity contribution is 0.502. The summed E-state index contributed by atoms with van der Waals surface area (Å²) in [6.07, 6.45) is 36.6. The van der Waals surface area contributed by atoms with Gasteiger partial charge in [-0.1, -0.05) is 142 Å². The summed E-state index contributed by atoms with van der Waals surface area (Å²) < 4.78 is 1.94. The van der Waals surface area contributed by atoms with Gasteiger partial charge >= 0.3 is 0 Å². The van der Waals surface area contributed by atoms with Crippen molar-refractivity contribution in [1.82, 2.24) is 14.8 Å². The molecule has 4 aromatic rings. The van der Waals surface area contributed by atoms with Gasteiger partial charge in [0, 0.05) is 65.2 Å². The Morgan fingerprint density at radius 3 is 2.26 bits per heavy atom. The molecule has 2 aromatic heterocycles. The zero-order valence-corrected chi connectivity index (χ0v) is 30.4. The first-order valence-corrected chi connectivity index (χ1v) is 19.0. The predicted octanol–water partition coefficient (Wildman–Crippen LogP) is 11.1. The normalized spacial score (nSPS) is 24.4. The summed E-state index contributed by atoms with van der Waals surface area (Å²) in [5, 5.41) is 4.31. The number of hydrogen-bond acceptors (Lipinski definition) is 2. The third-order valence-corrected chi connectivity index (χ3v) is 12.3. The van der Waals surface area contributed by atoms with E-state index < -0.39 is 0 Å². The van der Waals surface area contributed by atoms with Crippen molar-refractivity contribution in [2.75, 3.05) is 0 Å². The van der Waals surface area contributed by atoms with Gasteiger partial charge < -0.3 is 4.98 Å². The second-order valence-corrected chi connectivity index (χ2v) is 15.4. The number of hydrogen-bond donors (Lipinski definition) is 1. The standard InChI is InChI=1S/C35H24N2.C14H18N2/c1-2-8-22(9-3-1)31(34-32-25-16-6-12-20-10-4-14-23(29(20)25)27(32)18-36-34)35-33-26-17-7-13-21-11-5-15-24(30(21)26)28(33)19-37-35;1-4-14(2,3)12-8-5-6-9-13(12)16-11-7-10-15-16/h1-19,25-26,29-30,36H;5-11H,4H2,1-3H3/b35-31-;. The summed E-state index contributed by atoms with van der Waals surface area (Å²) >= 11 is 0. The average Bonchev–Trinajstić information content (AvgIpc) is 4.05. The number of benzene rings is 2. The molecule has 1 N–H and O–H groups in total. The molecule has 0 saturated carbocycles. The molecular weight excluding hydrogens is 645 g/mol. The number of nitrogens with zero attached hydrogens (tertiary/aromatic N) is 3. The van der Waals surface area contributed by atoms with Gasteiger partial charge in [0.25, 0.3) is 0 Å². The maximum atomic E-state index is 5.17. The Kier molecular flexibility index (Phi) is 7.36. The van der Waals surface area contributed by atoms with Crippen LogP contribution < -0.4 is 0 Å². The molecule has 6 aliphatic carbocycles. The zero-order chi connectivity index (χ0) is 35.7. The fourth-order valence-corrected chi connectivity index (χ4v) is 9.50. The quantitative estimate of drug-likeness (QED) is 0.223. The van der Waals surface area contributed by atoms with Crippen LogP contribution in [0.15, 0.2) is 191 Å². The Morgan fingerprint density at radius 1 is 0.792 bits per heavy atom. The van der Waals surface area contributed by atoms with Gasteiger partial charge in [0.2, 0.25) is 0 Å². The van der Waals surface area contributed by atoms with E-state index in [1.807, 2.05) is 23.1 Å². The number of aliphatic imine (C=N–C) groups is 1. The number of aromatic amines is 1. The van der Waals surface area contributed by atoms with Gasteiger partial charge in [0.05, 0.1) is 17.1 Å². The van der Waals surface area contributed by atoms with E-state index in [-0.39, 0.29) is 5.41 Å². The van der Waals surface area contributed by atoms with Crippen LogP contribution in [0.25, 0.3) is 16.8 Å². The van der Waals surface area contributed by atoms with Crippen LogP contribution in [0.3, 0.4) is 0 Å². The molecule has 258 valence electrons. The Morgan fingerprint density at radius 2 is 1.51 bits per heavy atom. The van der Waals surface area contributed by atoms with Gasteiger partial charge in [-0.15, -0.1) is 0 Å². The first-order valence-electron chi connectivity index (χ1n) is 19.0. The minimum absolute atomic E-state index is 0.183. The molecule has 0 amide bonds. The molecule has 0 spiro atoms. The highest BCUT2D eigenvalue weighted by Crippen LogP contribution is 2.58. The average molecular weight is 687 g/mol. The lowest BCUT2D eigenvalue weighted by atomic mass is 9.76. The first kappa shape index (κ1) is 31.7. The molecule has 2 aromatic carbocycles. The van der Waals surface area contributed by atoms with Crippen LogP contribution in [0.2, 0.25) is 0 Å². The van der Waals surface area contributed by atoms with E-state index in [0.29, 0.717) is 23.7 Å². The number of para-hydroxylation sites is 1. The summed E-state index contributed by atoms with van der Waals surface area (Å²) in [5.74, 6) is 1.48. The molecule has 3 heterocycles. The Labute approximate surface area is 311 Å². The monoisotopic (exact) mass is 686 g/mol. The van der Waals surface area contributed by atoms with Gasteiger partial charge in [-0.25, -0.2) is 4.68 Å². The molecule has 1 aliphatic heterocycles. The van der Waals surface area contributed by atoms with Gasteiger partial charge in [-0.2, -0.15) is 5.10 Å². The van der Waals surface area contributed by atoms with E-state index >= 15 is 0 Å². The Hall–Kier alpha value is -6.00. The number of allylic oxidation sites excluding steroid dienone is 18. The summed E-state index contributed by atoms with van der Waals surface area (Å²) in [7, 11) is 0. The number of aromatic nitrogens is 3. The van der Waals surface area contributed by atoms with E-state index in [4.69, 9.17) is 4.99 Å². The van der Waals surface area contributed by atoms with Crippen molar-refractivity contribution < 1.29 is 0 Å². The van der Waals surface area contributed by atoms with E-state index in [1.54, 1.807) is 0 Å². The molecule has 0 saturated heterocycles. The molecule has 53 heavy (non-hydrogen) atoms. The molecule has 4 nitrogen and oxygen atoms in total. The Bertz CT molecular complexity index is 2510. The van der Waals surface area contributed by atoms with Crippen molar-refractivity contribution in [3.05, 3.63) is 214 Å². The van der Waals surface area contributed by atoms with Crippen molar-refractivity contribution in [1.29, 1.82) is 0 Å². The first-order chi connectivity index (χ1) is 26.0. The fraction of sp³-hybridized carbons (Fsp3) is 0.184. The molecule has 0 fully saturated rings. The minimum atomic E-state index is 0.183. The smallest absolute Gasteiger partial charge is 0.0774 e. The maximum Gasteiger partial charge on any atom is 0.0774 e. The van der Waals surface area contributed by atoms with Gasteiger partial charge in [-0.3, -0.25) is 4.99 Å². The molecule has 0 radical (unpaired) electrons. The summed E-state index contributed by atoms with van der Waals surface area (Å²) in [5.41, 5.74) is 18.6. The van der Waals surface area contributed by atoms with Crippen LogP contribution in [0.4, 0.5) is 0 Å². The number of fused-ring (bicyclic) bond motifs is 5. The van der Waals surface area contributed by atoms with Crippen molar-refractivity contribution in [2.24, 2.45) is 22.7 Å². The van der Waals surface area contributed by atoms with Crippen LogP contribution in [-0.2, 0) is 5.41 Å². The largest absolute Gasteiger partial charge is 0.360 e. The highest BCUT2D eigenvalue weighted by Gasteiger charge is 2.46. The van der Waals surface area contributed by atoms with E-state index in [2.05, 4.69) is 171 Å². The second kappa shape index (κ2) is 12.3.